The Morgan fingerprint density at radius 2 is 2.04 bits per heavy atom. The van der Waals surface area contributed by atoms with Gasteiger partial charge in [-0.1, -0.05) is 0 Å². The van der Waals surface area contributed by atoms with E-state index in [1.54, 1.807) is 13.1 Å². The first kappa shape index (κ1) is 18.6. The molecule has 140 valence electrons. The highest BCUT2D eigenvalue weighted by molar-refractivity contribution is 7.89. The van der Waals surface area contributed by atoms with Gasteiger partial charge in [0.15, 0.2) is 0 Å². The topological polar surface area (TPSA) is 84.3 Å². The van der Waals surface area contributed by atoms with Gasteiger partial charge in [0.05, 0.1) is 11.7 Å². The lowest BCUT2D eigenvalue weighted by Crippen LogP contribution is -2.44. The third-order valence-electron chi connectivity index (χ3n) is 4.75. The van der Waals surface area contributed by atoms with Crippen LogP contribution < -0.4 is 5.32 Å². The summed E-state index contributed by atoms with van der Waals surface area (Å²) in [7, 11) is -3.25. The van der Waals surface area contributed by atoms with Gasteiger partial charge in [0.1, 0.15) is 5.82 Å². The van der Waals surface area contributed by atoms with Crippen LogP contribution in [-0.4, -0.2) is 47.0 Å². The minimum absolute atomic E-state index is 0.0659. The fourth-order valence-corrected chi connectivity index (χ4v) is 4.37. The highest BCUT2D eigenvalue weighted by Gasteiger charge is 2.31. The number of nitrogens with one attached hydrogen (secondary N) is 1. The number of imidazole rings is 1. The Morgan fingerprint density at radius 3 is 2.65 bits per heavy atom. The third-order valence-corrected chi connectivity index (χ3v) is 6.60. The lowest BCUT2D eigenvalue weighted by Gasteiger charge is -2.30. The molecule has 7 nitrogen and oxygen atoms in total. The Bertz CT molecular complexity index is 874. The molecule has 1 unspecified atom stereocenters. The van der Waals surface area contributed by atoms with Crippen molar-refractivity contribution in [2.45, 2.75) is 26.7 Å². The van der Waals surface area contributed by atoms with Crippen molar-refractivity contribution in [3.8, 4) is 5.69 Å². The van der Waals surface area contributed by atoms with Crippen LogP contribution in [0.25, 0.3) is 5.69 Å². The highest BCUT2D eigenvalue weighted by Crippen LogP contribution is 2.22. The number of hydrogen-bond donors (Lipinski definition) is 1. The summed E-state index contributed by atoms with van der Waals surface area (Å²) in [6, 6.07) is 7.52. The molecule has 1 amide bonds. The van der Waals surface area contributed by atoms with Gasteiger partial charge in [0.25, 0.3) is 0 Å². The maximum atomic E-state index is 12.5. The van der Waals surface area contributed by atoms with Crippen molar-refractivity contribution in [1.29, 1.82) is 0 Å². The first-order chi connectivity index (χ1) is 12.4. The van der Waals surface area contributed by atoms with Crippen molar-refractivity contribution in [3.63, 3.8) is 0 Å². The van der Waals surface area contributed by atoms with Crippen molar-refractivity contribution < 1.29 is 13.2 Å². The van der Waals surface area contributed by atoms with Crippen LogP contribution in [0.3, 0.4) is 0 Å². The van der Waals surface area contributed by atoms with E-state index in [4.69, 9.17) is 0 Å². The van der Waals surface area contributed by atoms with Crippen LogP contribution in [-0.2, 0) is 14.8 Å². The Hall–Kier alpha value is -2.19. The van der Waals surface area contributed by atoms with Gasteiger partial charge in [-0.05, 0) is 51.0 Å². The van der Waals surface area contributed by atoms with Crippen LogP contribution >= 0.6 is 0 Å². The van der Waals surface area contributed by atoms with E-state index in [0.717, 1.165) is 11.5 Å². The van der Waals surface area contributed by atoms with Crippen LogP contribution in [0.5, 0.6) is 0 Å². The van der Waals surface area contributed by atoms with Crippen LogP contribution in [0.15, 0.2) is 36.7 Å². The number of benzene rings is 1. The molecule has 2 aromatic rings. The van der Waals surface area contributed by atoms with E-state index < -0.39 is 10.0 Å². The molecule has 1 aliphatic heterocycles. The van der Waals surface area contributed by atoms with Gasteiger partial charge in [-0.15, -0.1) is 0 Å². The number of amides is 1. The maximum absolute atomic E-state index is 12.5. The van der Waals surface area contributed by atoms with E-state index in [2.05, 4.69) is 10.3 Å². The minimum atomic E-state index is -3.25. The van der Waals surface area contributed by atoms with Crippen molar-refractivity contribution in [1.82, 2.24) is 13.9 Å². The summed E-state index contributed by atoms with van der Waals surface area (Å²) in [6.07, 6.45) is 5.03. The van der Waals surface area contributed by atoms with E-state index in [9.17, 15) is 13.2 Å². The Morgan fingerprint density at radius 1 is 1.31 bits per heavy atom. The molecule has 0 radical (unpaired) electrons. The zero-order valence-electron chi connectivity index (χ0n) is 15.1. The van der Waals surface area contributed by atoms with Crippen molar-refractivity contribution in [2.75, 3.05) is 24.2 Å². The molecule has 0 spiro atoms. The van der Waals surface area contributed by atoms with Crippen LogP contribution in [0, 0.1) is 12.8 Å². The average molecular weight is 376 g/mol. The number of aryl methyl sites for hydroxylation is 1. The minimum Gasteiger partial charge on any atom is -0.326 e. The molecule has 0 aliphatic carbocycles. The normalized spacial score (nSPS) is 18.6. The van der Waals surface area contributed by atoms with Gasteiger partial charge in [0, 0.05) is 36.9 Å². The van der Waals surface area contributed by atoms with Gasteiger partial charge >= 0.3 is 0 Å². The van der Waals surface area contributed by atoms with E-state index in [1.807, 2.05) is 42.0 Å². The molecule has 0 bridgehead atoms. The summed E-state index contributed by atoms with van der Waals surface area (Å²) in [6.45, 7) is 4.31. The molecule has 1 aromatic heterocycles. The predicted octanol–water partition coefficient (Wildman–Crippen LogP) is 2.18. The molecule has 1 aliphatic rings. The smallest absolute Gasteiger partial charge is 0.228 e. The molecule has 1 aromatic carbocycles. The number of nitrogens with zero attached hydrogens (tertiary/aromatic N) is 3. The zero-order chi connectivity index (χ0) is 18.7. The van der Waals surface area contributed by atoms with Crippen LogP contribution in [0.1, 0.15) is 25.6 Å². The lowest BCUT2D eigenvalue weighted by molar-refractivity contribution is -0.120. The molecule has 1 fully saturated rings. The molecule has 2 heterocycles. The number of hydrogen-bond acceptors (Lipinski definition) is 4. The summed E-state index contributed by atoms with van der Waals surface area (Å²) >= 11 is 0. The second-order valence-corrected chi connectivity index (χ2v) is 8.74. The second kappa shape index (κ2) is 7.59. The largest absolute Gasteiger partial charge is 0.326 e. The quantitative estimate of drug-likeness (QED) is 0.867. The number of rotatable bonds is 5. The number of sulfonamides is 1. The van der Waals surface area contributed by atoms with E-state index in [0.29, 0.717) is 25.1 Å². The van der Waals surface area contributed by atoms with Crippen LogP contribution in [0.2, 0.25) is 0 Å². The monoisotopic (exact) mass is 376 g/mol. The predicted molar refractivity (Wildman–Crippen MR) is 101 cm³/mol. The number of aromatic nitrogens is 2. The molecule has 1 N–H and O–H groups in total. The fraction of sp³-hybridized carbons (Fsp3) is 0.444. The van der Waals surface area contributed by atoms with E-state index in [-0.39, 0.29) is 24.1 Å². The standard InChI is InChI=1S/C18H24N4O3S/c1-3-26(24,25)21-11-4-5-15(13-21)18(23)20-16-6-8-17(9-7-16)22-12-10-19-14(22)2/h6-10,12,15H,3-5,11,13H2,1-2H3,(H,20,23). The van der Waals surface area contributed by atoms with Crippen molar-refractivity contribution in [2.24, 2.45) is 5.92 Å². The van der Waals surface area contributed by atoms with E-state index in [1.165, 1.54) is 4.31 Å². The summed E-state index contributed by atoms with van der Waals surface area (Å²) in [5, 5.41) is 2.90. The van der Waals surface area contributed by atoms with Gasteiger partial charge in [-0.3, -0.25) is 4.79 Å². The van der Waals surface area contributed by atoms with Gasteiger partial charge < -0.3 is 9.88 Å². The molecule has 1 atom stereocenters. The molecule has 0 saturated carbocycles. The van der Waals surface area contributed by atoms with Gasteiger partial charge in [-0.2, -0.15) is 0 Å². The fourth-order valence-electron chi connectivity index (χ4n) is 3.19. The Labute approximate surface area is 154 Å². The van der Waals surface area contributed by atoms with Gasteiger partial charge in [-0.25, -0.2) is 17.7 Å². The summed E-state index contributed by atoms with van der Waals surface area (Å²) in [5.41, 5.74) is 1.67. The van der Waals surface area contributed by atoms with Gasteiger partial charge in [0.2, 0.25) is 15.9 Å². The lowest BCUT2D eigenvalue weighted by atomic mass is 9.98. The second-order valence-electron chi connectivity index (χ2n) is 6.48. The average Bonchev–Trinajstić information content (AvgIpc) is 3.08. The zero-order valence-corrected chi connectivity index (χ0v) is 15.9. The van der Waals surface area contributed by atoms with Crippen molar-refractivity contribution in [3.05, 3.63) is 42.5 Å². The Kier molecular flexibility index (Phi) is 5.43. The number of carbonyl (C=O) groups is 1. The van der Waals surface area contributed by atoms with E-state index >= 15 is 0 Å². The summed E-state index contributed by atoms with van der Waals surface area (Å²) in [5.74, 6) is 0.505. The third kappa shape index (κ3) is 3.96. The molecule has 8 heteroatoms. The first-order valence-corrected chi connectivity index (χ1v) is 10.4. The number of anilines is 1. The SMILES string of the molecule is CCS(=O)(=O)N1CCCC(C(=O)Nc2ccc(-n3ccnc3C)cc2)C1. The maximum Gasteiger partial charge on any atom is 0.228 e. The molecule has 3 rings (SSSR count). The molecular formula is C18H24N4O3S. The number of piperidine rings is 1. The summed E-state index contributed by atoms with van der Waals surface area (Å²) < 4.78 is 27.5. The summed E-state index contributed by atoms with van der Waals surface area (Å²) in [4.78, 5) is 16.7. The molecule has 26 heavy (non-hydrogen) atoms. The number of carbonyl (C=O) groups excluding carboxylic acids is 1. The molecular weight excluding hydrogens is 352 g/mol. The first-order valence-electron chi connectivity index (χ1n) is 8.80. The van der Waals surface area contributed by atoms with Crippen LogP contribution in [0.4, 0.5) is 5.69 Å². The highest BCUT2D eigenvalue weighted by atomic mass is 32.2. The van der Waals surface area contributed by atoms with Crippen molar-refractivity contribution >= 4 is 21.6 Å². The molecule has 1 saturated heterocycles. The Balaban J connectivity index is 1.65.